The number of hydrogen-bond donors (Lipinski definition) is 0. The van der Waals surface area contributed by atoms with E-state index in [0.29, 0.717) is 0 Å². The van der Waals surface area contributed by atoms with Gasteiger partial charge in [-0.1, -0.05) is 0 Å². The molecule has 12 heavy (non-hydrogen) atoms. The Morgan fingerprint density at radius 2 is 2.00 bits per heavy atom. The molecule has 0 amide bonds. The third-order valence-corrected chi connectivity index (χ3v) is 1.35. The highest BCUT2D eigenvalue weighted by Gasteiger charge is 2.31. The topological polar surface area (TPSA) is 25.2 Å². The molecule has 1 heterocycles. The van der Waals surface area contributed by atoms with E-state index in [1.54, 1.807) is 0 Å². The van der Waals surface area contributed by atoms with Crippen molar-refractivity contribution in [3.8, 4) is 0 Å². The number of alkyl halides is 3. The zero-order chi connectivity index (χ0) is 9.19. The summed E-state index contributed by atoms with van der Waals surface area (Å²) in [6.45, 7) is 0. The Morgan fingerprint density at radius 1 is 1.33 bits per heavy atom. The lowest BCUT2D eigenvalue weighted by atomic mass is 10.3. The maximum Gasteiger partial charge on any atom is 0.433 e. The zero-order valence-corrected chi connectivity index (χ0v) is 6.49. The molecule has 2 nitrogen and oxygen atoms in total. The van der Waals surface area contributed by atoms with Gasteiger partial charge in [0.2, 0.25) is 0 Å². The average Bonchev–Trinajstić information content (AvgIpc) is 2.03. The molecule has 6 heteroatoms. The van der Waals surface area contributed by atoms with Crippen LogP contribution in [0.15, 0.2) is 22.7 Å². The van der Waals surface area contributed by atoms with Gasteiger partial charge in [-0.25, -0.2) is 4.98 Å². The van der Waals surface area contributed by atoms with Crippen molar-refractivity contribution >= 4 is 18.1 Å². The van der Waals surface area contributed by atoms with E-state index >= 15 is 0 Å². The van der Waals surface area contributed by atoms with E-state index < -0.39 is 11.9 Å². The van der Waals surface area contributed by atoms with Crippen LogP contribution in [0.5, 0.6) is 0 Å². The van der Waals surface area contributed by atoms with Crippen molar-refractivity contribution in [3.05, 3.63) is 24.0 Å². The minimum Gasteiger partial charge on any atom is -0.249 e. The summed E-state index contributed by atoms with van der Waals surface area (Å²) in [5.41, 5.74) is -0.692. The van der Waals surface area contributed by atoms with Crippen molar-refractivity contribution < 1.29 is 13.2 Å². The normalized spacial score (nSPS) is 11.2. The van der Waals surface area contributed by atoms with Crippen molar-refractivity contribution in [2.45, 2.75) is 6.18 Å². The molecule has 64 valence electrons. The molecule has 0 unspecified atom stereocenters. The molecule has 0 atom stereocenters. The molecule has 0 radical (unpaired) electrons. The molecule has 0 N–H and O–H groups in total. The highest BCUT2D eigenvalue weighted by Crippen LogP contribution is 2.27. The smallest absolute Gasteiger partial charge is 0.249 e. The Morgan fingerprint density at radius 3 is 2.33 bits per heavy atom. The van der Waals surface area contributed by atoms with Crippen molar-refractivity contribution in [1.82, 2.24) is 4.98 Å². The molecule has 1 aromatic rings. The number of nitrogens with zero attached hydrogens (tertiary/aromatic N) is 2. The highest BCUT2D eigenvalue weighted by atomic mass is 32.1. The molecule has 0 fully saturated rings. The quantitative estimate of drug-likeness (QED) is 0.682. The number of hydrogen-bond acceptors (Lipinski definition) is 3. The van der Waals surface area contributed by atoms with Gasteiger partial charge >= 0.3 is 6.18 Å². The van der Waals surface area contributed by atoms with Gasteiger partial charge in [-0.15, -0.1) is 0 Å². The summed E-state index contributed by atoms with van der Waals surface area (Å²) >= 11 is 4.26. The Labute approximate surface area is 71.6 Å². The van der Waals surface area contributed by atoms with Crippen LogP contribution < -0.4 is 0 Å². The van der Waals surface area contributed by atoms with Gasteiger partial charge in [-0.3, -0.25) is 0 Å². The largest absolute Gasteiger partial charge is 0.433 e. The molecule has 1 rings (SSSR count). The zero-order valence-electron chi connectivity index (χ0n) is 5.67. The van der Waals surface area contributed by atoms with Gasteiger partial charge in [0.15, 0.2) is 0 Å². The number of rotatable bonds is 1. The number of pyridine rings is 1. The lowest BCUT2D eigenvalue weighted by Gasteiger charge is -2.03. The monoisotopic (exact) mass is 192 g/mol. The van der Waals surface area contributed by atoms with Crippen LogP contribution in [0.3, 0.4) is 0 Å². The van der Waals surface area contributed by atoms with Crippen LogP contribution in [-0.4, -0.2) is 4.98 Å². The van der Waals surface area contributed by atoms with Crippen LogP contribution in [0.25, 0.3) is 0 Å². The Balaban J connectivity index is 3.00. The molecule has 0 aliphatic heterocycles. The second-order valence-electron chi connectivity index (χ2n) is 1.99. The average molecular weight is 192 g/mol. The fourth-order valence-corrected chi connectivity index (χ4v) is 0.716. The van der Waals surface area contributed by atoms with Crippen molar-refractivity contribution in [2.75, 3.05) is 0 Å². The first-order valence-corrected chi connectivity index (χ1v) is 3.27. The maximum absolute atomic E-state index is 11.9. The summed E-state index contributed by atoms with van der Waals surface area (Å²) in [5.74, 6) is 0. The Hall–Kier alpha value is -1.04. The van der Waals surface area contributed by atoms with E-state index in [2.05, 4.69) is 21.8 Å². The lowest BCUT2D eigenvalue weighted by molar-refractivity contribution is -0.141. The van der Waals surface area contributed by atoms with Gasteiger partial charge < -0.3 is 0 Å². The summed E-state index contributed by atoms with van der Waals surface area (Å²) in [7, 11) is 0. The maximum atomic E-state index is 11.9. The summed E-state index contributed by atoms with van der Waals surface area (Å²) in [5, 5.41) is 0. The van der Waals surface area contributed by atoms with Crippen LogP contribution in [0.2, 0.25) is 0 Å². The predicted octanol–water partition coefficient (Wildman–Crippen LogP) is 2.46. The highest BCUT2D eigenvalue weighted by molar-refractivity contribution is 7.47. The minimum absolute atomic E-state index is 0.248. The SMILES string of the molecule is FC(F)(F)c1ccc(N=S)cn1. The number of halogens is 3. The number of aromatic nitrogens is 1. The molecule has 0 bridgehead atoms. The first-order valence-electron chi connectivity index (χ1n) is 2.90. The van der Waals surface area contributed by atoms with Crippen LogP contribution in [0.1, 0.15) is 5.69 Å². The van der Waals surface area contributed by atoms with Gasteiger partial charge in [-0.05, 0) is 12.1 Å². The first kappa shape index (κ1) is 9.05. The molecule has 0 aliphatic carbocycles. The van der Waals surface area contributed by atoms with Crippen LogP contribution in [0, 0.1) is 0 Å². The second kappa shape index (κ2) is 3.14. The first-order chi connectivity index (χ1) is 5.54. The van der Waals surface area contributed by atoms with Crippen LogP contribution in [0.4, 0.5) is 18.9 Å². The van der Waals surface area contributed by atoms with Crippen molar-refractivity contribution in [3.63, 3.8) is 0 Å². The Kier molecular flexibility index (Phi) is 2.37. The third-order valence-electron chi connectivity index (χ3n) is 1.14. The van der Waals surface area contributed by atoms with Crippen molar-refractivity contribution in [1.29, 1.82) is 0 Å². The van der Waals surface area contributed by atoms with Gasteiger partial charge in [0, 0.05) is 12.4 Å². The molecule has 0 aliphatic rings. The molecule has 1 aromatic heterocycles. The van der Waals surface area contributed by atoms with E-state index in [1.807, 2.05) is 0 Å². The molecule has 0 aromatic carbocycles. The van der Waals surface area contributed by atoms with Crippen LogP contribution in [-0.2, 0) is 18.6 Å². The lowest BCUT2D eigenvalue weighted by Crippen LogP contribution is -2.06. The predicted molar refractivity (Wildman–Crippen MR) is 38.7 cm³/mol. The van der Waals surface area contributed by atoms with E-state index in [4.69, 9.17) is 0 Å². The molecular weight excluding hydrogens is 189 g/mol. The van der Waals surface area contributed by atoms with E-state index in [0.717, 1.165) is 12.3 Å². The van der Waals surface area contributed by atoms with E-state index in [-0.39, 0.29) is 5.69 Å². The fourth-order valence-electron chi connectivity index (χ4n) is 0.608. The Bertz CT molecular complexity index is 280. The van der Waals surface area contributed by atoms with Crippen molar-refractivity contribution in [2.24, 2.45) is 4.36 Å². The van der Waals surface area contributed by atoms with E-state index in [1.165, 1.54) is 6.07 Å². The van der Waals surface area contributed by atoms with Gasteiger partial charge in [0.1, 0.15) is 5.69 Å². The second-order valence-corrected chi connectivity index (χ2v) is 2.17. The summed E-state index contributed by atoms with van der Waals surface area (Å²) in [4.78, 5) is 3.14. The molecule has 0 spiro atoms. The van der Waals surface area contributed by atoms with E-state index in [9.17, 15) is 13.2 Å². The van der Waals surface area contributed by atoms with Gasteiger partial charge in [0.05, 0.1) is 11.9 Å². The summed E-state index contributed by atoms with van der Waals surface area (Å²) < 4.78 is 39.0. The fraction of sp³-hybridized carbons (Fsp3) is 0.167. The minimum atomic E-state index is -4.40. The van der Waals surface area contributed by atoms with Gasteiger partial charge in [-0.2, -0.15) is 17.5 Å². The van der Waals surface area contributed by atoms with Gasteiger partial charge in [0.25, 0.3) is 0 Å². The molecule has 0 saturated heterocycles. The standard InChI is InChI=1S/C6H3F3N2S/c7-6(8,9)5-2-1-4(11-12)3-10-5/h1-3H. The van der Waals surface area contributed by atoms with Crippen LogP contribution >= 0.6 is 0 Å². The molecular formula is C6H3F3N2S. The molecule has 0 saturated carbocycles. The third kappa shape index (κ3) is 1.97. The summed E-state index contributed by atoms with van der Waals surface area (Å²) in [6, 6.07) is 2.01. The summed E-state index contributed by atoms with van der Waals surface area (Å²) in [6.07, 6.45) is -3.42.